The lowest BCUT2D eigenvalue weighted by Gasteiger charge is -2.39. The fraction of sp³-hybridized carbons (Fsp3) is 0.400. The van der Waals surface area contributed by atoms with E-state index in [1.54, 1.807) is 18.7 Å². The summed E-state index contributed by atoms with van der Waals surface area (Å²) < 4.78 is 1.99. The molecule has 4 heterocycles. The van der Waals surface area contributed by atoms with Crippen LogP contribution in [0.1, 0.15) is 39.1 Å². The molecule has 1 unspecified atom stereocenters. The minimum atomic E-state index is 0.150. The largest absolute Gasteiger partial charge is 0.342 e. The summed E-state index contributed by atoms with van der Waals surface area (Å²) in [4.78, 5) is 11.6. The van der Waals surface area contributed by atoms with Gasteiger partial charge in [-0.2, -0.15) is 5.10 Å². The number of nitrogens with one attached hydrogen (secondary N) is 1. The molecule has 1 atom stereocenters. The van der Waals surface area contributed by atoms with Gasteiger partial charge in [0.2, 0.25) is 0 Å². The van der Waals surface area contributed by atoms with E-state index in [1.165, 1.54) is 0 Å². The van der Waals surface area contributed by atoms with Crippen LogP contribution in [-0.4, -0.2) is 41.0 Å². The predicted octanol–water partition coefficient (Wildman–Crippen LogP) is 2.13. The van der Waals surface area contributed by atoms with Crippen LogP contribution >= 0.6 is 0 Å². The van der Waals surface area contributed by atoms with Crippen LogP contribution in [0.15, 0.2) is 24.9 Å². The Morgan fingerprint density at radius 2 is 2.17 bits per heavy atom. The number of aromatic nitrogens is 7. The van der Waals surface area contributed by atoms with Crippen LogP contribution in [0.2, 0.25) is 0 Å². The molecule has 1 aliphatic heterocycles. The third-order valence-electron chi connectivity index (χ3n) is 4.16. The quantitative estimate of drug-likeness (QED) is 0.797. The average Bonchev–Trinajstić information content (AvgIpc) is 3.23. The zero-order valence-corrected chi connectivity index (χ0v) is 13.3. The van der Waals surface area contributed by atoms with Gasteiger partial charge in [0.05, 0.1) is 24.0 Å². The SMILES string of the molecule is CCC1c2nncn2-c2cnc(-c3cn[nH]c3)nc2N1C(C)C. The molecule has 0 aromatic carbocycles. The number of nitrogens with zero attached hydrogens (tertiary/aromatic N) is 7. The van der Waals surface area contributed by atoms with Crippen molar-refractivity contribution < 1.29 is 0 Å². The van der Waals surface area contributed by atoms with Gasteiger partial charge in [0.25, 0.3) is 0 Å². The van der Waals surface area contributed by atoms with Crippen molar-refractivity contribution >= 4 is 5.82 Å². The first kappa shape index (κ1) is 13.9. The first-order chi connectivity index (χ1) is 11.2. The van der Waals surface area contributed by atoms with Crippen LogP contribution in [0.25, 0.3) is 17.1 Å². The third kappa shape index (κ3) is 2.01. The summed E-state index contributed by atoms with van der Waals surface area (Å²) in [5.41, 5.74) is 1.79. The molecule has 0 aliphatic carbocycles. The van der Waals surface area contributed by atoms with Gasteiger partial charge in [-0.15, -0.1) is 10.2 Å². The first-order valence-electron chi connectivity index (χ1n) is 7.75. The first-order valence-corrected chi connectivity index (χ1v) is 7.75. The minimum absolute atomic E-state index is 0.150. The second kappa shape index (κ2) is 5.15. The molecule has 0 fully saturated rings. The standard InChI is InChI=1S/C15H18N8/c1-4-11-15-21-19-8-22(15)12-7-16-13(10-5-17-18-6-10)20-14(12)23(11)9(2)3/h5-9,11H,4H2,1-3H3,(H,17,18). The molecule has 3 aromatic heterocycles. The predicted molar refractivity (Wildman–Crippen MR) is 85.2 cm³/mol. The smallest absolute Gasteiger partial charge is 0.164 e. The Morgan fingerprint density at radius 1 is 1.30 bits per heavy atom. The van der Waals surface area contributed by atoms with E-state index >= 15 is 0 Å². The molecule has 0 amide bonds. The lowest BCUT2D eigenvalue weighted by atomic mass is 10.1. The second-order valence-electron chi connectivity index (χ2n) is 5.87. The van der Waals surface area contributed by atoms with Crippen LogP contribution in [0, 0.1) is 0 Å². The van der Waals surface area contributed by atoms with Crippen molar-refractivity contribution in [3.8, 4) is 17.1 Å². The highest BCUT2D eigenvalue weighted by Crippen LogP contribution is 2.39. The van der Waals surface area contributed by atoms with Crippen LogP contribution in [0.5, 0.6) is 0 Å². The van der Waals surface area contributed by atoms with Gasteiger partial charge in [0, 0.05) is 12.2 Å². The maximum Gasteiger partial charge on any atom is 0.164 e. The van der Waals surface area contributed by atoms with E-state index in [0.29, 0.717) is 5.82 Å². The van der Waals surface area contributed by atoms with E-state index in [-0.39, 0.29) is 12.1 Å². The highest BCUT2D eigenvalue weighted by atomic mass is 15.4. The van der Waals surface area contributed by atoms with Gasteiger partial charge in [-0.3, -0.25) is 9.67 Å². The summed E-state index contributed by atoms with van der Waals surface area (Å²) in [5, 5.41) is 15.2. The van der Waals surface area contributed by atoms with E-state index in [9.17, 15) is 0 Å². The normalized spacial score (nSPS) is 16.5. The molecule has 8 nitrogen and oxygen atoms in total. The number of hydrogen-bond donors (Lipinski definition) is 1. The van der Waals surface area contributed by atoms with Gasteiger partial charge in [-0.25, -0.2) is 9.97 Å². The molecule has 8 heteroatoms. The Labute approximate surface area is 133 Å². The molecule has 0 bridgehead atoms. The molecule has 0 radical (unpaired) electrons. The monoisotopic (exact) mass is 310 g/mol. The molecule has 1 aliphatic rings. The molecule has 23 heavy (non-hydrogen) atoms. The van der Waals surface area contributed by atoms with Crippen LogP contribution in [0.4, 0.5) is 5.82 Å². The van der Waals surface area contributed by atoms with E-state index in [0.717, 1.165) is 29.3 Å². The Bertz CT molecular complexity index is 820. The summed E-state index contributed by atoms with van der Waals surface area (Å²) in [6.07, 6.45) is 8.02. The molecule has 3 aromatic rings. The van der Waals surface area contributed by atoms with Crippen LogP contribution in [-0.2, 0) is 0 Å². The van der Waals surface area contributed by atoms with E-state index in [4.69, 9.17) is 4.98 Å². The minimum Gasteiger partial charge on any atom is -0.342 e. The van der Waals surface area contributed by atoms with Crippen molar-refractivity contribution in [1.82, 2.24) is 34.9 Å². The summed E-state index contributed by atoms with van der Waals surface area (Å²) in [7, 11) is 0. The second-order valence-corrected chi connectivity index (χ2v) is 5.87. The third-order valence-corrected chi connectivity index (χ3v) is 4.16. The van der Waals surface area contributed by atoms with Gasteiger partial charge in [-0.1, -0.05) is 6.92 Å². The molecule has 1 N–H and O–H groups in total. The van der Waals surface area contributed by atoms with Crippen molar-refractivity contribution in [2.75, 3.05) is 4.90 Å². The van der Waals surface area contributed by atoms with Crippen LogP contribution < -0.4 is 4.90 Å². The maximum absolute atomic E-state index is 4.81. The average molecular weight is 310 g/mol. The van der Waals surface area contributed by atoms with E-state index < -0.39 is 0 Å². The van der Waals surface area contributed by atoms with E-state index in [2.05, 4.69) is 51.0 Å². The Hall–Kier alpha value is -2.77. The Kier molecular flexibility index (Phi) is 3.10. The van der Waals surface area contributed by atoms with Gasteiger partial charge in [0.15, 0.2) is 17.5 Å². The van der Waals surface area contributed by atoms with Crippen molar-refractivity contribution in [1.29, 1.82) is 0 Å². The number of H-pyrrole nitrogens is 1. The molecule has 0 saturated carbocycles. The maximum atomic E-state index is 4.81. The summed E-state index contributed by atoms with van der Waals surface area (Å²) in [6, 6.07) is 0.438. The molecule has 0 spiro atoms. The molecular formula is C15H18N8. The zero-order chi connectivity index (χ0) is 16.0. The van der Waals surface area contributed by atoms with Crippen molar-refractivity contribution in [2.45, 2.75) is 39.3 Å². The summed E-state index contributed by atoms with van der Waals surface area (Å²) in [6.45, 7) is 6.48. The summed E-state index contributed by atoms with van der Waals surface area (Å²) >= 11 is 0. The lowest BCUT2D eigenvalue weighted by Crippen LogP contribution is -2.40. The molecule has 118 valence electrons. The number of fused-ring (bicyclic) bond motifs is 3. The fourth-order valence-electron chi connectivity index (χ4n) is 3.15. The molecule has 4 rings (SSSR count). The number of aromatic amines is 1. The van der Waals surface area contributed by atoms with Gasteiger partial charge in [0.1, 0.15) is 12.0 Å². The van der Waals surface area contributed by atoms with Crippen molar-refractivity contribution in [3.63, 3.8) is 0 Å². The van der Waals surface area contributed by atoms with Crippen LogP contribution in [0.3, 0.4) is 0 Å². The van der Waals surface area contributed by atoms with Crippen molar-refractivity contribution in [3.05, 3.63) is 30.7 Å². The Morgan fingerprint density at radius 3 is 2.87 bits per heavy atom. The highest BCUT2D eigenvalue weighted by Gasteiger charge is 2.35. The van der Waals surface area contributed by atoms with E-state index in [1.807, 2.05) is 10.8 Å². The van der Waals surface area contributed by atoms with Gasteiger partial charge >= 0.3 is 0 Å². The lowest BCUT2D eigenvalue weighted by molar-refractivity contribution is 0.497. The zero-order valence-electron chi connectivity index (χ0n) is 13.3. The fourth-order valence-corrected chi connectivity index (χ4v) is 3.15. The molecule has 0 saturated heterocycles. The number of hydrogen-bond acceptors (Lipinski definition) is 6. The summed E-state index contributed by atoms with van der Waals surface area (Å²) in [5.74, 6) is 2.51. The topological polar surface area (TPSA) is 88.4 Å². The van der Waals surface area contributed by atoms with Crippen molar-refractivity contribution in [2.24, 2.45) is 0 Å². The number of rotatable bonds is 3. The number of anilines is 1. The highest BCUT2D eigenvalue weighted by molar-refractivity contribution is 5.65. The van der Waals surface area contributed by atoms with Gasteiger partial charge in [-0.05, 0) is 20.3 Å². The molecular weight excluding hydrogens is 292 g/mol. The Balaban J connectivity index is 1.94. The van der Waals surface area contributed by atoms with Gasteiger partial charge < -0.3 is 4.90 Å².